The first-order valence-corrected chi connectivity index (χ1v) is 7.89. The molecule has 2 rings (SSSR count). The monoisotopic (exact) mass is 290 g/mol. The van der Waals surface area contributed by atoms with Crippen molar-refractivity contribution in [3.05, 3.63) is 29.8 Å². The van der Waals surface area contributed by atoms with Gasteiger partial charge in [-0.2, -0.15) is 0 Å². The van der Waals surface area contributed by atoms with Crippen LogP contribution in [-0.2, 0) is 4.79 Å². The second-order valence-corrected chi connectivity index (χ2v) is 5.54. The Morgan fingerprint density at radius 3 is 2.43 bits per heavy atom. The van der Waals surface area contributed by atoms with Gasteiger partial charge in [-0.05, 0) is 31.5 Å². The molecule has 1 amide bonds. The molecule has 116 valence electrons. The smallest absolute Gasteiger partial charge is 0.263 e. The zero-order valence-electron chi connectivity index (χ0n) is 13.3. The third-order valence-corrected chi connectivity index (χ3v) is 4.14. The van der Waals surface area contributed by atoms with Crippen molar-refractivity contribution in [3.8, 4) is 5.75 Å². The number of nitrogens with zero attached hydrogens (tertiary/aromatic N) is 2. The molecule has 1 atom stereocenters. The van der Waals surface area contributed by atoms with Gasteiger partial charge in [-0.25, -0.2) is 0 Å². The van der Waals surface area contributed by atoms with Gasteiger partial charge in [0, 0.05) is 26.2 Å². The van der Waals surface area contributed by atoms with Crippen LogP contribution in [0.15, 0.2) is 24.3 Å². The lowest BCUT2D eigenvalue weighted by molar-refractivity contribution is -0.140. The van der Waals surface area contributed by atoms with Gasteiger partial charge in [0.15, 0.2) is 6.10 Å². The van der Waals surface area contributed by atoms with Crippen molar-refractivity contribution < 1.29 is 9.53 Å². The number of carbonyl (C=O) groups excluding carboxylic acids is 1. The van der Waals surface area contributed by atoms with E-state index < -0.39 is 0 Å². The van der Waals surface area contributed by atoms with E-state index in [-0.39, 0.29) is 12.0 Å². The van der Waals surface area contributed by atoms with Crippen molar-refractivity contribution in [1.29, 1.82) is 0 Å². The van der Waals surface area contributed by atoms with Crippen molar-refractivity contribution in [2.24, 2.45) is 0 Å². The molecule has 0 radical (unpaired) electrons. The van der Waals surface area contributed by atoms with E-state index in [9.17, 15) is 4.79 Å². The molecule has 1 saturated heterocycles. The third-order valence-electron chi connectivity index (χ3n) is 4.14. The molecule has 21 heavy (non-hydrogen) atoms. The van der Waals surface area contributed by atoms with Gasteiger partial charge in [-0.1, -0.05) is 32.0 Å². The van der Waals surface area contributed by atoms with Gasteiger partial charge in [-0.3, -0.25) is 4.79 Å². The summed E-state index contributed by atoms with van der Waals surface area (Å²) in [7, 11) is 0. The summed E-state index contributed by atoms with van der Waals surface area (Å²) in [6.45, 7) is 10.8. The standard InChI is InChI=1S/C17H26N2O2/c1-4-15(21-16-9-7-6-8-14(16)3)17(20)19-12-10-18(5-2)11-13-19/h6-9,15H,4-5,10-13H2,1-3H3. The highest BCUT2D eigenvalue weighted by atomic mass is 16.5. The maximum Gasteiger partial charge on any atom is 0.263 e. The van der Waals surface area contributed by atoms with Crippen molar-refractivity contribution in [1.82, 2.24) is 9.80 Å². The Kier molecular flexibility index (Phi) is 5.62. The fourth-order valence-electron chi connectivity index (χ4n) is 2.64. The molecule has 0 aromatic heterocycles. The lowest BCUT2D eigenvalue weighted by Gasteiger charge is -2.35. The van der Waals surface area contributed by atoms with Crippen molar-refractivity contribution in [2.75, 3.05) is 32.7 Å². The molecule has 1 aromatic carbocycles. The summed E-state index contributed by atoms with van der Waals surface area (Å²) >= 11 is 0. The molecular weight excluding hydrogens is 264 g/mol. The minimum absolute atomic E-state index is 0.122. The van der Waals surface area contributed by atoms with Crippen molar-refractivity contribution >= 4 is 5.91 Å². The van der Waals surface area contributed by atoms with E-state index in [1.165, 1.54) is 0 Å². The van der Waals surface area contributed by atoms with Crippen LogP contribution in [0.25, 0.3) is 0 Å². The third kappa shape index (κ3) is 3.97. The second kappa shape index (κ2) is 7.46. The second-order valence-electron chi connectivity index (χ2n) is 5.54. The molecular formula is C17H26N2O2. The highest BCUT2D eigenvalue weighted by Gasteiger charge is 2.27. The van der Waals surface area contributed by atoms with Gasteiger partial charge < -0.3 is 14.5 Å². The largest absolute Gasteiger partial charge is 0.480 e. The van der Waals surface area contributed by atoms with E-state index in [2.05, 4.69) is 11.8 Å². The molecule has 1 unspecified atom stereocenters. The van der Waals surface area contributed by atoms with Crippen LogP contribution in [0.4, 0.5) is 0 Å². The summed E-state index contributed by atoms with van der Waals surface area (Å²) in [5.41, 5.74) is 1.07. The van der Waals surface area contributed by atoms with E-state index in [1.54, 1.807) is 0 Å². The van der Waals surface area contributed by atoms with Crippen LogP contribution < -0.4 is 4.74 Å². The van der Waals surface area contributed by atoms with Gasteiger partial charge in [0.2, 0.25) is 0 Å². The maximum absolute atomic E-state index is 12.6. The van der Waals surface area contributed by atoms with Crippen molar-refractivity contribution in [3.63, 3.8) is 0 Å². The summed E-state index contributed by atoms with van der Waals surface area (Å²) in [6.07, 6.45) is 0.320. The topological polar surface area (TPSA) is 32.8 Å². The highest BCUT2D eigenvalue weighted by molar-refractivity contribution is 5.81. The van der Waals surface area contributed by atoms with Gasteiger partial charge >= 0.3 is 0 Å². The van der Waals surface area contributed by atoms with Gasteiger partial charge in [0.05, 0.1) is 0 Å². The molecule has 0 N–H and O–H groups in total. The van der Waals surface area contributed by atoms with Gasteiger partial charge in [-0.15, -0.1) is 0 Å². The van der Waals surface area contributed by atoms with Crippen LogP contribution in [0, 0.1) is 6.92 Å². The Hall–Kier alpha value is -1.55. The molecule has 1 heterocycles. The molecule has 1 fully saturated rings. The molecule has 1 aliphatic rings. The Balaban J connectivity index is 1.98. The molecule has 0 spiro atoms. The fraction of sp³-hybridized carbons (Fsp3) is 0.588. The van der Waals surface area contributed by atoms with Crippen LogP contribution in [0.5, 0.6) is 5.75 Å². The Morgan fingerprint density at radius 1 is 1.19 bits per heavy atom. The van der Waals surface area contributed by atoms with E-state index in [1.807, 2.05) is 43.0 Å². The quantitative estimate of drug-likeness (QED) is 0.834. The first-order chi connectivity index (χ1) is 10.2. The number of amides is 1. The molecule has 4 heteroatoms. The first-order valence-electron chi connectivity index (χ1n) is 7.89. The van der Waals surface area contributed by atoms with E-state index in [0.717, 1.165) is 44.0 Å². The zero-order chi connectivity index (χ0) is 15.2. The Morgan fingerprint density at radius 2 is 1.86 bits per heavy atom. The average molecular weight is 290 g/mol. The SMILES string of the molecule is CCC(Oc1ccccc1C)C(=O)N1CCN(CC)CC1. The molecule has 0 saturated carbocycles. The summed E-state index contributed by atoms with van der Waals surface area (Å²) in [5.74, 6) is 0.932. The number of piperazine rings is 1. The highest BCUT2D eigenvalue weighted by Crippen LogP contribution is 2.20. The predicted molar refractivity (Wildman–Crippen MR) is 84.6 cm³/mol. The first kappa shape index (κ1) is 15.8. The molecule has 1 aromatic rings. The molecule has 1 aliphatic heterocycles. The minimum Gasteiger partial charge on any atom is -0.480 e. The lowest BCUT2D eigenvalue weighted by atomic mass is 10.2. The van der Waals surface area contributed by atoms with Crippen LogP contribution >= 0.6 is 0 Å². The number of para-hydroxylation sites is 1. The van der Waals surface area contributed by atoms with E-state index in [0.29, 0.717) is 6.42 Å². The fourth-order valence-corrected chi connectivity index (χ4v) is 2.64. The number of rotatable bonds is 5. The lowest BCUT2D eigenvalue weighted by Crippen LogP contribution is -2.52. The average Bonchev–Trinajstić information content (AvgIpc) is 2.53. The number of benzene rings is 1. The van der Waals surface area contributed by atoms with E-state index >= 15 is 0 Å². The predicted octanol–water partition coefficient (Wildman–Crippen LogP) is 2.32. The summed E-state index contributed by atoms with van der Waals surface area (Å²) in [5, 5.41) is 0. The zero-order valence-corrected chi connectivity index (χ0v) is 13.3. The number of hydrogen-bond donors (Lipinski definition) is 0. The number of ether oxygens (including phenoxy) is 1. The van der Waals surface area contributed by atoms with Crippen LogP contribution in [0.2, 0.25) is 0 Å². The number of carbonyl (C=O) groups is 1. The molecule has 0 bridgehead atoms. The number of aryl methyl sites for hydroxylation is 1. The minimum atomic E-state index is -0.376. The van der Waals surface area contributed by atoms with Gasteiger partial charge in [0.1, 0.15) is 5.75 Å². The summed E-state index contributed by atoms with van der Waals surface area (Å²) in [6, 6.07) is 7.86. The normalized spacial score (nSPS) is 17.6. The number of hydrogen-bond acceptors (Lipinski definition) is 3. The van der Waals surface area contributed by atoms with Crippen LogP contribution in [0.1, 0.15) is 25.8 Å². The van der Waals surface area contributed by atoms with Crippen LogP contribution in [-0.4, -0.2) is 54.5 Å². The van der Waals surface area contributed by atoms with Crippen molar-refractivity contribution in [2.45, 2.75) is 33.3 Å². The van der Waals surface area contributed by atoms with E-state index in [4.69, 9.17) is 4.74 Å². The Bertz CT molecular complexity index is 468. The van der Waals surface area contributed by atoms with Gasteiger partial charge in [0.25, 0.3) is 5.91 Å². The molecule has 4 nitrogen and oxygen atoms in total. The number of likely N-dealkylation sites (N-methyl/N-ethyl adjacent to an activating group) is 1. The summed E-state index contributed by atoms with van der Waals surface area (Å²) in [4.78, 5) is 16.9. The Labute approximate surface area is 127 Å². The maximum atomic E-state index is 12.6. The van der Waals surface area contributed by atoms with Crippen LogP contribution in [0.3, 0.4) is 0 Å². The summed E-state index contributed by atoms with van der Waals surface area (Å²) < 4.78 is 5.96. The molecule has 0 aliphatic carbocycles.